The minimum Gasteiger partial charge on any atom is -0.483 e. The quantitative estimate of drug-likeness (QED) is 0.717. The van der Waals surface area contributed by atoms with E-state index in [9.17, 15) is 4.79 Å². The summed E-state index contributed by atoms with van der Waals surface area (Å²) in [4.78, 5) is 12.1. The number of anilines is 1. The number of rotatable bonds is 7. The summed E-state index contributed by atoms with van der Waals surface area (Å²) in [7, 11) is 0. The number of benzene rings is 1. The number of tetrazole rings is 1. The van der Waals surface area contributed by atoms with E-state index >= 15 is 0 Å². The molecule has 2 rings (SSSR count). The molecule has 1 amide bonds. The largest absolute Gasteiger partial charge is 0.483 e. The Labute approximate surface area is 158 Å². The van der Waals surface area contributed by atoms with Gasteiger partial charge in [0.25, 0.3) is 5.91 Å². The van der Waals surface area contributed by atoms with Gasteiger partial charge in [-0.25, -0.2) is 4.68 Å². The van der Waals surface area contributed by atoms with Gasteiger partial charge in [0.1, 0.15) is 5.75 Å². The van der Waals surface area contributed by atoms with Gasteiger partial charge in [-0.1, -0.05) is 38.0 Å². The Hall–Kier alpha value is -2.55. The fourth-order valence-corrected chi connectivity index (χ4v) is 2.54. The van der Waals surface area contributed by atoms with Gasteiger partial charge in [-0.05, 0) is 59.1 Å². The lowest BCUT2D eigenvalue weighted by molar-refractivity contribution is -0.121. The maximum Gasteiger partial charge on any atom is 0.264 e. The first-order valence-electron chi connectivity index (χ1n) is 8.51. The van der Waals surface area contributed by atoms with E-state index in [0.717, 1.165) is 17.5 Å². The zero-order chi connectivity index (χ0) is 19.1. The van der Waals surface area contributed by atoms with Crippen molar-refractivity contribution in [2.45, 2.75) is 46.6 Å². The second-order valence-corrected chi connectivity index (χ2v) is 6.62. The first-order valence-corrected chi connectivity index (χ1v) is 8.91. The molecular formula is C17H24N6O2S. The van der Waals surface area contributed by atoms with E-state index < -0.39 is 0 Å². The molecular weight excluding hydrogens is 352 g/mol. The molecule has 0 radical (unpaired) electrons. The van der Waals surface area contributed by atoms with Crippen LogP contribution in [-0.4, -0.2) is 37.8 Å². The average Bonchev–Trinajstić information content (AvgIpc) is 3.00. The standard InChI is InChI=1S/C17H24N6O2S/c1-5-8-23-16(20-21-22-23)19-17(26)18-15(24)10-25-14-9-12(4)6-7-13(14)11(2)3/h6-7,9,11H,5,8,10H2,1-4H3,(H2,18,19,20,22,24,26). The lowest BCUT2D eigenvalue weighted by Crippen LogP contribution is -2.38. The number of ether oxygens (including phenoxy) is 1. The molecule has 0 atom stereocenters. The summed E-state index contributed by atoms with van der Waals surface area (Å²) in [6.07, 6.45) is 0.876. The van der Waals surface area contributed by atoms with Crippen molar-refractivity contribution in [1.29, 1.82) is 0 Å². The molecule has 0 aliphatic carbocycles. The predicted molar refractivity (Wildman–Crippen MR) is 103 cm³/mol. The van der Waals surface area contributed by atoms with E-state index in [-0.39, 0.29) is 17.6 Å². The third-order valence-corrected chi connectivity index (χ3v) is 3.80. The lowest BCUT2D eigenvalue weighted by atomic mass is 10.0. The van der Waals surface area contributed by atoms with E-state index in [4.69, 9.17) is 17.0 Å². The highest BCUT2D eigenvalue weighted by Gasteiger charge is 2.12. The zero-order valence-corrected chi connectivity index (χ0v) is 16.3. The highest BCUT2D eigenvalue weighted by Crippen LogP contribution is 2.27. The number of hydrogen-bond donors (Lipinski definition) is 2. The maximum atomic E-state index is 12.1. The minimum absolute atomic E-state index is 0.124. The highest BCUT2D eigenvalue weighted by molar-refractivity contribution is 7.80. The third kappa shape index (κ3) is 5.48. The van der Waals surface area contributed by atoms with Gasteiger partial charge >= 0.3 is 0 Å². The van der Waals surface area contributed by atoms with Crippen LogP contribution in [0.2, 0.25) is 0 Å². The van der Waals surface area contributed by atoms with Gasteiger partial charge in [-0.3, -0.25) is 15.4 Å². The fraction of sp³-hybridized carbons (Fsp3) is 0.471. The molecule has 0 saturated heterocycles. The van der Waals surface area contributed by atoms with Crippen LogP contribution in [0, 0.1) is 6.92 Å². The Kier molecular flexibility index (Phi) is 7.02. The van der Waals surface area contributed by atoms with Crippen molar-refractivity contribution in [2.75, 3.05) is 11.9 Å². The van der Waals surface area contributed by atoms with Gasteiger partial charge in [0, 0.05) is 6.54 Å². The van der Waals surface area contributed by atoms with Gasteiger partial charge < -0.3 is 4.74 Å². The van der Waals surface area contributed by atoms with E-state index in [2.05, 4.69) is 40.0 Å². The average molecular weight is 376 g/mol. The van der Waals surface area contributed by atoms with Crippen molar-refractivity contribution < 1.29 is 9.53 Å². The van der Waals surface area contributed by atoms with Crippen LogP contribution in [0.3, 0.4) is 0 Å². The number of nitrogens with one attached hydrogen (secondary N) is 2. The first-order chi connectivity index (χ1) is 12.4. The molecule has 0 bridgehead atoms. The second-order valence-electron chi connectivity index (χ2n) is 6.21. The number of hydrogen-bond acceptors (Lipinski definition) is 6. The molecule has 0 aliphatic heterocycles. The van der Waals surface area contributed by atoms with Crippen LogP contribution in [-0.2, 0) is 11.3 Å². The molecule has 9 heteroatoms. The Morgan fingerprint density at radius 1 is 1.38 bits per heavy atom. The predicted octanol–water partition coefficient (Wildman–Crippen LogP) is 2.41. The number of thiocarbonyl (C=S) groups is 1. The van der Waals surface area contributed by atoms with E-state index in [1.165, 1.54) is 0 Å². The van der Waals surface area contributed by atoms with Gasteiger partial charge in [0.15, 0.2) is 11.7 Å². The van der Waals surface area contributed by atoms with Gasteiger partial charge in [0.05, 0.1) is 0 Å². The van der Waals surface area contributed by atoms with Crippen LogP contribution in [0.15, 0.2) is 18.2 Å². The lowest BCUT2D eigenvalue weighted by Gasteiger charge is -2.15. The summed E-state index contributed by atoms with van der Waals surface area (Å²) >= 11 is 5.13. The van der Waals surface area contributed by atoms with E-state index in [0.29, 0.717) is 24.2 Å². The summed E-state index contributed by atoms with van der Waals surface area (Å²) in [5, 5.41) is 16.8. The number of nitrogens with zero attached hydrogens (tertiary/aromatic N) is 4. The number of aromatic nitrogens is 4. The normalized spacial score (nSPS) is 10.7. The number of carbonyl (C=O) groups is 1. The number of amides is 1. The number of carbonyl (C=O) groups excluding carboxylic acids is 1. The molecule has 0 aliphatic rings. The van der Waals surface area contributed by atoms with Crippen LogP contribution < -0.4 is 15.4 Å². The Bertz CT molecular complexity index is 774. The summed E-state index contributed by atoms with van der Waals surface area (Å²) < 4.78 is 7.27. The van der Waals surface area contributed by atoms with Crippen molar-refractivity contribution in [2.24, 2.45) is 0 Å². The molecule has 2 N–H and O–H groups in total. The van der Waals surface area contributed by atoms with Crippen LogP contribution >= 0.6 is 12.2 Å². The van der Waals surface area contributed by atoms with Gasteiger partial charge in [0.2, 0.25) is 5.95 Å². The smallest absolute Gasteiger partial charge is 0.264 e. The van der Waals surface area contributed by atoms with Gasteiger partial charge in [-0.2, -0.15) is 0 Å². The molecule has 140 valence electrons. The Morgan fingerprint density at radius 2 is 2.15 bits per heavy atom. The van der Waals surface area contributed by atoms with Crippen molar-refractivity contribution >= 4 is 29.2 Å². The van der Waals surface area contributed by atoms with Gasteiger partial charge in [-0.15, -0.1) is 0 Å². The molecule has 0 spiro atoms. The molecule has 2 aromatic rings. The molecule has 0 fully saturated rings. The van der Waals surface area contributed by atoms with E-state index in [1.54, 1.807) is 4.68 Å². The van der Waals surface area contributed by atoms with Crippen molar-refractivity contribution in [3.8, 4) is 5.75 Å². The SMILES string of the molecule is CCCn1nnnc1NC(=S)NC(=O)COc1cc(C)ccc1C(C)C. The maximum absolute atomic E-state index is 12.1. The summed E-state index contributed by atoms with van der Waals surface area (Å²) in [6, 6.07) is 5.98. The fourth-order valence-electron chi connectivity index (χ4n) is 2.34. The van der Waals surface area contributed by atoms with Crippen molar-refractivity contribution in [3.05, 3.63) is 29.3 Å². The Morgan fingerprint density at radius 3 is 2.85 bits per heavy atom. The molecule has 8 nitrogen and oxygen atoms in total. The molecule has 1 aromatic heterocycles. The molecule has 1 heterocycles. The topological polar surface area (TPSA) is 94.0 Å². The number of aryl methyl sites for hydroxylation is 2. The highest BCUT2D eigenvalue weighted by atomic mass is 32.1. The summed E-state index contributed by atoms with van der Waals surface area (Å²) in [6.45, 7) is 8.68. The van der Waals surface area contributed by atoms with Crippen LogP contribution in [0.4, 0.5) is 5.95 Å². The summed E-state index contributed by atoms with van der Waals surface area (Å²) in [5.74, 6) is 1.04. The summed E-state index contributed by atoms with van der Waals surface area (Å²) in [5.41, 5.74) is 2.13. The van der Waals surface area contributed by atoms with Crippen molar-refractivity contribution in [1.82, 2.24) is 25.5 Å². The minimum atomic E-state index is -0.353. The molecule has 0 saturated carbocycles. The monoisotopic (exact) mass is 376 g/mol. The molecule has 1 aromatic carbocycles. The van der Waals surface area contributed by atoms with Crippen LogP contribution in [0.25, 0.3) is 0 Å². The second kappa shape index (κ2) is 9.23. The van der Waals surface area contributed by atoms with Crippen LogP contribution in [0.1, 0.15) is 44.2 Å². The molecule has 26 heavy (non-hydrogen) atoms. The zero-order valence-electron chi connectivity index (χ0n) is 15.4. The Balaban J connectivity index is 1.90. The van der Waals surface area contributed by atoms with E-state index in [1.807, 2.05) is 32.0 Å². The van der Waals surface area contributed by atoms with Crippen LogP contribution in [0.5, 0.6) is 5.75 Å². The molecule has 0 unspecified atom stereocenters. The third-order valence-electron chi connectivity index (χ3n) is 3.60. The first kappa shape index (κ1) is 19.8. The van der Waals surface area contributed by atoms with Crippen molar-refractivity contribution in [3.63, 3.8) is 0 Å².